The van der Waals surface area contributed by atoms with Gasteiger partial charge in [-0.2, -0.15) is 0 Å². The monoisotopic (exact) mass is 406 g/mol. The summed E-state index contributed by atoms with van der Waals surface area (Å²) in [5.74, 6) is -1.41. The van der Waals surface area contributed by atoms with Gasteiger partial charge in [0.1, 0.15) is 19.0 Å². The maximum atomic E-state index is 13.5. The Kier molecular flexibility index (Phi) is 5.19. The Morgan fingerprint density at radius 3 is 2.69 bits per heavy atom. The van der Waals surface area contributed by atoms with Crippen molar-refractivity contribution in [1.29, 1.82) is 0 Å². The topological polar surface area (TPSA) is 59.1 Å². The van der Waals surface area contributed by atoms with Gasteiger partial charge in [-0.1, -0.05) is 6.07 Å². The van der Waals surface area contributed by atoms with Crippen molar-refractivity contribution in [3.63, 3.8) is 0 Å². The molecule has 8 heteroatoms. The zero-order chi connectivity index (χ0) is 20.6. The summed E-state index contributed by atoms with van der Waals surface area (Å²) >= 11 is 0. The number of piperidine rings is 1. The highest BCUT2D eigenvalue weighted by atomic mass is 19.2. The molecule has 2 amide bonds. The van der Waals surface area contributed by atoms with E-state index in [0.29, 0.717) is 57.0 Å². The van der Waals surface area contributed by atoms with Gasteiger partial charge in [-0.15, -0.1) is 0 Å². The molecule has 3 heterocycles. The summed E-state index contributed by atoms with van der Waals surface area (Å²) in [6.45, 7) is 4.06. The zero-order valence-electron chi connectivity index (χ0n) is 16.4. The third-order valence-electron chi connectivity index (χ3n) is 5.99. The van der Waals surface area contributed by atoms with Gasteiger partial charge >= 0.3 is 0 Å². The van der Waals surface area contributed by atoms with Crippen LogP contribution in [0.1, 0.15) is 31.7 Å². The van der Waals surface area contributed by atoms with Crippen LogP contribution >= 0.6 is 0 Å². The Bertz CT molecular complexity index is 872. The molecule has 4 rings (SSSR count). The second kappa shape index (κ2) is 7.65. The molecular weight excluding hydrogens is 382 g/mol. The largest absolute Gasteiger partial charge is 0.491 e. The van der Waals surface area contributed by atoms with Crippen molar-refractivity contribution in [1.82, 2.24) is 9.80 Å². The first kappa shape index (κ1) is 19.7. The molecule has 2 saturated heterocycles. The van der Waals surface area contributed by atoms with E-state index in [1.807, 2.05) is 0 Å². The highest BCUT2D eigenvalue weighted by Crippen LogP contribution is 2.41. The normalized spacial score (nSPS) is 24.7. The summed E-state index contributed by atoms with van der Waals surface area (Å²) in [4.78, 5) is 29.5. The molecule has 0 bridgehead atoms. The minimum atomic E-state index is -0.919. The first-order valence-corrected chi connectivity index (χ1v) is 9.89. The van der Waals surface area contributed by atoms with Crippen LogP contribution in [0.25, 0.3) is 0 Å². The predicted octanol–water partition coefficient (Wildman–Crippen LogP) is 2.58. The second-order valence-electron chi connectivity index (χ2n) is 7.92. The van der Waals surface area contributed by atoms with Gasteiger partial charge in [0.2, 0.25) is 11.7 Å². The summed E-state index contributed by atoms with van der Waals surface area (Å²) in [5, 5.41) is 0. The van der Waals surface area contributed by atoms with Gasteiger partial charge in [0.15, 0.2) is 11.6 Å². The maximum Gasteiger partial charge on any atom is 0.292 e. The molecule has 1 aromatic rings. The van der Waals surface area contributed by atoms with E-state index in [9.17, 15) is 18.4 Å². The number of ether oxygens (including phenoxy) is 2. The third-order valence-corrected chi connectivity index (χ3v) is 5.99. The number of nitrogens with zero attached hydrogens (tertiary/aromatic N) is 2. The lowest BCUT2D eigenvalue weighted by Gasteiger charge is -2.39. The number of allylic oxidation sites excluding steroid dienone is 1. The molecule has 0 aliphatic carbocycles. The van der Waals surface area contributed by atoms with Crippen LogP contribution in [0.15, 0.2) is 29.7 Å². The molecule has 156 valence electrons. The molecule has 2 fully saturated rings. The van der Waals surface area contributed by atoms with Crippen molar-refractivity contribution in [2.24, 2.45) is 5.41 Å². The molecule has 0 radical (unpaired) electrons. The molecule has 29 heavy (non-hydrogen) atoms. The van der Waals surface area contributed by atoms with Crippen molar-refractivity contribution in [2.45, 2.75) is 32.7 Å². The molecule has 3 aliphatic rings. The Morgan fingerprint density at radius 1 is 1.14 bits per heavy atom. The molecule has 6 nitrogen and oxygen atoms in total. The van der Waals surface area contributed by atoms with Gasteiger partial charge in [-0.25, -0.2) is 8.78 Å². The van der Waals surface area contributed by atoms with Gasteiger partial charge in [-0.05, 0) is 43.9 Å². The number of hydrogen-bond donors (Lipinski definition) is 0. The van der Waals surface area contributed by atoms with Crippen LogP contribution in [0, 0.1) is 17.0 Å². The molecular formula is C21H24F2N2O4. The van der Waals surface area contributed by atoms with E-state index in [1.54, 1.807) is 16.7 Å². The van der Waals surface area contributed by atoms with Gasteiger partial charge < -0.3 is 19.3 Å². The van der Waals surface area contributed by atoms with E-state index < -0.39 is 17.0 Å². The van der Waals surface area contributed by atoms with Crippen LogP contribution in [0.2, 0.25) is 0 Å². The Hall–Kier alpha value is -2.64. The van der Waals surface area contributed by atoms with Gasteiger partial charge in [0.25, 0.3) is 5.91 Å². The fraction of sp³-hybridized carbons (Fsp3) is 0.524. The lowest BCUT2D eigenvalue weighted by molar-refractivity contribution is -0.147. The average molecular weight is 406 g/mol. The van der Waals surface area contributed by atoms with Crippen molar-refractivity contribution in [3.05, 3.63) is 46.9 Å². The summed E-state index contributed by atoms with van der Waals surface area (Å²) < 4.78 is 37.6. The molecule has 0 N–H and O–H groups in total. The quantitative estimate of drug-likeness (QED) is 0.774. The van der Waals surface area contributed by atoms with Crippen LogP contribution in [0.4, 0.5) is 8.78 Å². The smallest absolute Gasteiger partial charge is 0.292 e. The molecule has 0 aromatic heterocycles. The van der Waals surface area contributed by atoms with Gasteiger partial charge in [0, 0.05) is 26.2 Å². The predicted molar refractivity (Wildman–Crippen MR) is 99.2 cm³/mol. The Labute approximate surface area is 168 Å². The summed E-state index contributed by atoms with van der Waals surface area (Å²) in [6.07, 6.45) is 2.09. The fourth-order valence-electron chi connectivity index (χ4n) is 4.45. The second-order valence-corrected chi connectivity index (χ2v) is 7.92. The van der Waals surface area contributed by atoms with E-state index in [1.165, 1.54) is 6.07 Å². The average Bonchev–Trinajstić information content (AvgIpc) is 3.13. The van der Waals surface area contributed by atoms with Crippen LogP contribution in [0.5, 0.6) is 0 Å². The fourth-order valence-corrected chi connectivity index (χ4v) is 4.45. The lowest BCUT2D eigenvalue weighted by atomic mass is 9.78. The minimum Gasteiger partial charge on any atom is -0.491 e. The highest BCUT2D eigenvalue weighted by molar-refractivity contribution is 5.93. The van der Waals surface area contributed by atoms with Crippen molar-refractivity contribution in [3.8, 4) is 0 Å². The standard InChI is InChI=1S/C21H24F2N2O4/c1-14-18(29-10-9-28-14)19(26)25-8-6-21(13-25)5-2-7-24(20(21)27)12-15-3-4-16(22)17(23)11-15/h3-4,11H,2,5-10,12-13H2,1H3/t21-/m0/s1. The number of rotatable bonds is 3. The minimum absolute atomic E-state index is 0.0321. The van der Waals surface area contributed by atoms with Gasteiger partial charge in [-0.3, -0.25) is 9.59 Å². The van der Waals surface area contributed by atoms with Crippen LogP contribution < -0.4 is 0 Å². The van der Waals surface area contributed by atoms with E-state index in [0.717, 1.165) is 18.6 Å². The lowest BCUT2D eigenvalue weighted by Crippen LogP contribution is -2.50. The number of amides is 2. The molecule has 0 unspecified atom stereocenters. The summed E-state index contributed by atoms with van der Waals surface area (Å²) in [7, 11) is 0. The SMILES string of the molecule is CC1=C(C(=O)N2CC[C@@]3(CCCN(Cc4ccc(F)c(F)c4)C3=O)C2)OCCO1. The van der Waals surface area contributed by atoms with Gasteiger partial charge in [0.05, 0.1) is 5.41 Å². The van der Waals surface area contributed by atoms with Crippen LogP contribution in [-0.2, 0) is 25.6 Å². The number of likely N-dealkylation sites (tertiary alicyclic amines) is 2. The first-order chi connectivity index (χ1) is 13.9. The van der Waals surface area contributed by atoms with Crippen molar-refractivity contribution < 1.29 is 27.8 Å². The molecule has 1 spiro atoms. The van der Waals surface area contributed by atoms with Crippen LogP contribution in [-0.4, -0.2) is 54.5 Å². The molecule has 3 aliphatic heterocycles. The first-order valence-electron chi connectivity index (χ1n) is 9.89. The molecule has 1 atom stereocenters. The number of hydrogen-bond acceptors (Lipinski definition) is 4. The summed E-state index contributed by atoms with van der Waals surface area (Å²) in [5.41, 5.74) is -0.0787. The van der Waals surface area contributed by atoms with Crippen LogP contribution in [0.3, 0.4) is 0 Å². The Morgan fingerprint density at radius 2 is 1.93 bits per heavy atom. The highest BCUT2D eigenvalue weighted by Gasteiger charge is 2.50. The zero-order valence-corrected chi connectivity index (χ0v) is 16.4. The summed E-state index contributed by atoms with van der Waals surface area (Å²) in [6, 6.07) is 3.70. The van der Waals surface area contributed by atoms with E-state index in [2.05, 4.69) is 0 Å². The number of carbonyl (C=O) groups excluding carboxylic acids is 2. The van der Waals surface area contributed by atoms with E-state index in [-0.39, 0.29) is 24.1 Å². The maximum absolute atomic E-state index is 13.5. The van der Waals surface area contributed by atoms with Crippen molar-refractivity contribution >= 4 is 11.8 Å². The number of benzene rings is 1. The van der Waals surface area contributed by atoms with E-state index >= 15 is 0 Å². The Balaban J connectivity index is 1.47. The molecule has 0 saturated carbocycles. The van der Waals surface area contributed by atoms with Crippen molar-refractivity contribution in [2.75, 3.05) is 32.8 Å². The number of halogens is 2. The number of carbonyl (C=O) groups is 2. The van der Waals surface area contributed by atoms with E-state index in [4.69, 9.17) is 9.47 Å². The third kappa shape index (κ3) is 3.68. The molecule has 1 aromatic carbocycles.